The predicted molar refractivity (Wildman–Crippen MR) is 69.1 cm³/mol. The summed E-state index contributed by atoms with van der Waals surface area (Å²) in [6, 6.07) is 4.61. The SMILES string of the molecule is CC(Cl)C(=O)Nc1cccc2c(=O)[nH][nH]c(=O)c12. The molecule has 0 aliphatic rings. The maximum Gasteiger partial charge on any atom is 0.272 e. The molecule has 6 nitrogen and oxygen atoms in total. The van der Waals surface area contributed by atoms with Gasteiger partial charge in [0.05, 0.1) is 16.5 Å². The van der Waals surface area contributed by atoms with Crippen LogP contribution in [0.25, 0.3) is 10.8 Å². The lowest BCUT2D eigenvalue weighted by Gasteiger charge is -2.08. The van der Waals surface area contributed by atoms with Gasteiger partial charge in [0.2, 0.25) is 5.91 Å². The molecular formula is C11H10ClN3O3. The van der Waals surface area contributed by atoms with Gasteiger partial charge in [0, 0.05) is 0 Å². The maximum atomic E-state index is 11.7. The Labute approximate surface area is 106 Å². The van der Waals surface area contributed by atoms with Crippen molar-refractivity contribution in [2.75, 3.05) is 5.32 Å². The first-order valence-corrected chi connectivity index (χ1v) is 5.63. The number of H-pyrrole nitrogens is 2. The second-order valence-electron chi connectivity index (χ2n) is 3.74. The van der Waals surface area contributed by atoms with Gasteiger partial charge in [0.15, 0.2) is 0 Å². The summed E-state index contributed by atoms with van der Waals surface area (Å²) in [4.78, 5) is 34.7. The van der Waals surface area contributed by atoms with E-state index >= 15 is 0 Å². The van der Waals surface area contributed by atoms with Crippen molar-refractivity contribution in [3.05, 3.63) is 38.9 Å². The number of hydrogen-bond acceptors (Lipinski definition) is 3. The third-order valence-corrected chi connectivity index (χ3v) is 2.64. The van der Waals surface area contributed by atoms with Crippen LogP contribution in [-0.2, 0) is 4.79 Å². The van der Waals surface area contributed by atoms with Crippen LogP contribution in [0.3, 0.4) is 0 Å². The molecule has 0 fully saturated rings. The zero-order valence-electron chi connectivity index (χ0n) is 9.41. The molecule has 1 aromatic heterocycles. The summed E-state index contributed by atoms with van der Waals surface area (Å²) in [5.74, 6) is -0.441. The highest BCUT2D eigenvalue weighted by Crippen LogP contribution is 2.17. The van der Waals surface area contributed by atoms with Gasteiger partial charge < -0.3 is 5.32 Å². The zero-order valence-corrected chi connectivity index (χ0v) is 10.2. The van der Waals surface area contributed by atoms with Crippen molar-refractivity contribution in [2.24, 2.45) is 0 Å². The molecule has 1 unspecified atom stereocenters. The van der Waals surface area contributed by atoms with E-state index in [0.29, 0.717) is 0 Å². The highest BCUT2D eigenvalue weighted by molar-refractivity contribution is 6.32. The van der Waals surface area contributed by atoms with Crippen molar-refractivity contribution in [1.82, 2.24) is 10.2 Å². The fraction of sp³-hybridized carbons (Fsp3) is 0.182. The number of aromatic nitrogens is 2. The minimum absolute atomic E-state index is 0.131. The quantitative estimate of drug-likeness (QED) is 0.702. The molecule has 0 saturated heterocycles. The molecule has 0 aliphatic heterocycles. The van der Waals surface area contributed by atoms with Gasteiger partial charge >= 0.3 is 0 Å². The normalized spacial score (nSPS) is 12.3. The van der Waals surface area contributed by atoms with Crippen LogP contribution in [0, 0.1) is 0 Å². The predicted octanol–water partition coefficient (Wildman–Crippen LogP) is 0.782. The highest BCUT2D eigenvalue weighted by atomic mass is 35.5. The number of hydrogen-bond donors (Lipinski definition) is 3. The number of carbonyl (C=O) groups is 1. The number of anilines is 1. The van der Waals surface area contributed by atoms with Crippen LogP contribution in [0.15, 0.2) is 27.8 Å². The summed E-state index contributed by atoms with van der Waals surface area (Å²) < 4.78 is 0. The van der Waals surface area contributed by atoms with Crippen LogP contribution >= 0.6 is 11.6 Å². The van der Waals surface area contributed by atoms with E-state index in [1.54, 1.807) is 6.07 Å². The lowest BCUT2D eigenvalue weighted by atomic mass is 10.1. The Kier molecular flexibility index (Phi) is 3.20. The van der Waals surface area contributed by atoms with Crippen LogP contribution in [0.2, 0.25) is 0 Å². The minimum Gasteiger partial charge on any atom is -0.324 e. The van der Waals surface area contributed by atoms with Gasteiger partial charge in [-0.2, -0.15) is 0 Å². The van der Waals surface area contributed by atoms with Gasteiger partial charge in [0.25, 0.3) is 11.1 Å². The molecule has 0 spiro atoms. The van der Waals surface area contributed by atoms with Crippen molar-refractivity contribution in [2.45, 2.75) is 12.3 Å². The molecule has 2 aromatic rings. The van der Waals surface area contributed by atoms with Gasteiger partial charge in [-0.1, -0.05) is 6.07 Å². The van der Waals surface area contributed by atoms with Crippen LogP contribution in [-0.4, -0.2) is 21.5 Å². The molecule has 18 heavy (non-hydrogen) atoms. The molecule has 1 heterocycles. The van der Waals surface area contributed by atoms with E-state index in [1.807, 2.05) is 0 Å². The molecule has 3 N–H and O–H groups in total. The lowest BCUT2D eigenvalue weighted by molar-refractivity contribution is -0.115. The molecule has 0 radical (unpaired) electrons. The number of alkyl halides is 1. The van der Waals surface area contributed by atoms with Crippen molar-refractivity contribution in [3.8, 4) is 0 Å². The molecule has 1 amide bonds. The Bertz CT molecular complexity index is 717. The number of aromatic amines is 2. The first-order valence-electron chi connectivity index (χ1n) is 5.19. The number of rotatable bonds is 2. The van der Waals surface area contributed by atoms with Gasteiger partial charge in [-0.3, -0.25) is 24.6 Å². The van der Waals surface area contributed by atoms with Crippen LogP contribution in [0.5, 0.6) is 0 Å². The largest absolute Gasteiger partial charge is 0.324 e. The highest BCUT2D eigenvalue weighted by Gasteiger charge is 2.13. The van der Waals surface area contributed by atoms with Gasteiger partial charge in [-0.15, -0.1) is 11.6 Å². The number of halogens is 1. The lowest BCUT2D eigenvalue weighted by Crippen LogP contribution is -2.24. The maximum absolute atomic E-state index is 11.7. The number of amides is 1. The van der Waals surface area contributed by atoms with Crippen molar-refractivity contribution in [1.29, 1.82) is 0 Å². The Hall–Kier alpha value is -2.08. The summed E-state index contributed by atoms with van der Waals surface area (Å²) in [6.07, 6.45) is 0. The summed E-state index contributed by atoms with van der Waals surface area (Å²) in [7, 11) is 0. The second kappa shape index (κ2) is 4.66. The fourth-order valence-electron chi connectivity index (χ4n) is 1.57. The van der Waals surface area contributed by atoms with E-state index in [1.165, 1.54) is 19.1 Å². The summed E-state index contributed by atoms with van der Waals surface area (Å²) in [5, 5.41) is 6.53. The van der Waals surface area contributed by atoms with Crippen molar-refractivity contribution in [3.63, 3.8) is 0 Å². The molecule has 7 heteroatoms. The molecule has 0 bridgehead atoms. The van der Waals surface area contributed by atoms with Gasteiger partial charge in [0.1, 0.15) is 5.38 Å². The fourth-order valence-corrected chi connectivity index (χ4v) is 1.62. The molecule has 1 atom stereocenters. The monoisotopic (exact) mass is 267 g/mol. The Balaban J connectivity index is 2.66. The third kappa shape index (κ3) is 2.14. The minimum atomic E-state index is -0.735. The Morgan fingerprint density at radius 1 is 1.28 bits per heavy atom. The molecule has 2 rings (SSSR count). The van der Waals surface area contributed by atoms with Crippen LogP contribution in [0.4, 0.5) is 5.69 Å². The number of benzene rings is 1. The molecule has 1 aromatic carbocycles. The van der Waals surface area contributed by atoms with E-state index in [4.69, 9.17) is 11.6 Å². The van der Waals surface area contributed by atoms with E-state index < -0.39 is 22.4 Å². The van der Waals surface area contributed by atoms with Crippen LogP contribution < -0.4 is 16.4 Å². The molecular weight excluding hydrogens is 258 g/mol. The van der Waals surface area contributed by atoms with E-state index in [0.717, 1.165) is 0 Å². The molecule has 0 aliphatic carbocycles. The average molecular weight is 268 g/mol. The Morgan fingerprint density at radius 2 is 1.94 bits per heavy atom. The first kappa shape index (κ1) is 12.4. The Morgan fingerprint density at radius 3 is 2.61 bits per heavy atom. The number of nitrogens with one attached hydrogen (secondary N) is 3. The second-order valence-corrected chi connectivity index (χ2v) is 4.40. The first-order chi connectivity index (χ1) is 8.50. The molecule has 94 valence electrons. The van der Waals surface area contributed by atoms with Gasteiger partial charge in [-0.25, -0.2) is 0 Å². The van der Waals surface area contributed by atoms with E-state index in [9.17, 15) is 14.4 Å². The van der Waals surface area contributed by atoms with E-state index in [-0.39, 0.29) is 16.5 Å². The zero-order chi connectivity index (χ0) is 13.3. The summed E-state index contributed by atoms with van der Waals surface area (Å²) in [6.45, 7) is 1.51. The smallest absolute Gasteiger partial charge is 0.272 e. The van der Waals surface area contributed by atoms with Gasteiger partial charge in [-0.05, 0) is 19.1 Å². The molecule has 0 saturated carbocycles. The topological polar surface area (TPSA) is 94.8 Å². The standard InChI is InChI=1S/C11H10ClN3O3/c1-5(12)9(16)13-7-4-2-3-6-8(7)11(18)15-14-10(6)17/h2-5H,1H3,(H,13,16)(H,14,17)(H,15,18). The van der Waals surface area contributed by atoms with E-state index in [2.05, 4.69) is 15.5 Å². The summed E-state index contributed by atoms with van der Waals surface area (Å²) in [5.41, 5.74) is -0.653. The van der Waals surface area contributed by atoms with Crippen LogP contribution in [0.1, 0.15) is 6.92 Å². The number of carbonyl (C=O) groups excluding carboxylic acids is 1. The average Bonchev–Trinajstić information content (AvgIpc) is 2.34. The third-order valence-electron chi connectivity index (χ3n) is 2.44. The van der Waals surface area contributed by atoms with Crippen molar-refractivity contribution < 1.29 is 4.79 Å². The number of fused-ring (bicyclic) bond motifs is 1. The van der Waals surface area contributed by atoms with Crippen molar-refractivity contribution >= 4 is 34.0 Å². The summed E-state index contributed by atoms with van der Waals surface area (Å²) >= 11 is 5.63.